The fourth-order valence-corrected chi connectivity index (χ4v) is 5.28. The predicted octanol–water partition coefficient (Wildman–Crippen LogP) is 7.88. The lowest BCUT2D eigenvalue weighted by atomic mass is 10.2. The van der Waals surface area contributed by atoms with Crippen LogP contribution in [-0.2, 0) is 5.75 Å². The van der Waals surface area contributed by atoms with E-state index in [9.17, 15) is 9.18 Å². The number of aromatic nitrogens is 2. The van der Waals surface area contributed by atoms with Gasteiger partial charge in [0.2, 0.25) is 5.13 Å². The van der Waals surface area contributed by atoms with Gasteiger partial charge in [-0.15, -0.1) is 10.2 Å². The molecule has 0 aliphatic carbocycles. The molecule has 0 saturated heterocycles. The van der Waals surface area contributed by atoms with Crippen molar-refractivity contribution < 1.29 is 13.9 Å². The van der Waals surface area contributed by atoms with Gasteiger partial charge in [0.1, 0.15) is 5.82 Å². The molecule has 0 bridgehead atoms. The molecule has 10 heteroatoms. The van der Waals surface area contributed by atoms with Gasteiger partial charge in [-0.2, -0.15) is 0 Å². The number of carbonyl (C=O) groups excluding carboxylic acids is 1. The van der Waals surface area contributed by atoms with Crippen LogP contribution in [0.4, 0.5) is 9.52 Å². The van der Waals surface area contributed by atoms with Crippen molar-refractivity contribution in [2.45, 2.75) is 49.1 Å². The molecule has 0 fully saturated rings. The Morgan fingerprint density at radius 3 is 2.58 bits per heavy atom. The Kier molecular flexibility index (Phi) is 10.2. The minimum Gasteiger partial charge on any atom is -0.490 e. The third-order valence-corrected chi connectivity index (χ3v) is 7.27. The van der Waals surface area contributed by atoms with Crippen molar-refractivity contribution in [1.29, 1.82) is 0 Å². The van der Waals surface area contributed by atoms with Crippen molar-refractivity contribution in [2.75, 3.05) is 11.9 Å². The van der Waals surface area contributed by atoms with Gasteiger partial charge in [-0.25, -0.2) is 4.39 Å². The molecule has 33 heavy (non-hydrogen) atoms. The molecule has 1 aromatic heterocycles. The zero-order chi connectivity index (χ0) is 23.6. The predicted molar refractivity (Wildman–Crippen MR) is 135 cm³/mol. The zero-order valence-corrected chi connectivity index (χ0v) is 21.2. The molecule has 0 radical (unpaired) electrons. The van der Waals surface area contributed by atoms with E-state index in [0.29, 0.717) is 33.1 Å². The van der Waals surface area contributed by atoms with Crippen LogP contribution in [0.1, 0.15) is 54.9 Å². The third kappa shape index (κ3) is 7.84. The Bertz CT molecular complexity index is 1060. The molecule has 1 N–H and O–H groups in total. The lowest BCUT2D eigenvalue weighted by Crippen LogP contribution is -2.12. The van der Waals surface area contributed by atoms with Gasteiger partial charge in [0, 0.05) is 11.3 Å². The van der Waals surface area contributed by atoms with Crippen molar-refractivity contribution in [1.82, 2.24) is 10.2 Å². The van der Waals surface area contributed by atoms with E-state index in [1.54, 1.807) is 18.2 Å². The molecule has 2 aromatic carbocycles. The number of halogens is 3. The summed E-state index contributed by atoms with van der Waals surface area (Å²) in [6.45, 7) is 2.69. The maximum absolute atomic E-state index is 13.7. The highest BCUT2D eigenvalue weighted by Gasteiger charge is 2.16. The van der Waals surface area contributed by atoms with E-state index in [4.69, 9.17) is 27.9 Å². The van der Waals surface area contributed by atoms with Crippen molar-refractivity contribution in [3.05, 3.63) is 63.4 Å². The summed E-state index contributed by atoms with van der Waals surface area (Å²) in [5.41, 5.74) is 0.867. The number of carbonyl (C=O) groups is 1. The summed E-state index contributed by atoms with van der Waals surface area (Å²) in [5, 5.41) is 11.6. The maximum atomic E-state index is 13.7. The van der Waals surface area contributed by atoms with Gasteiger partial charge in [0.25, 0.3) is 5.91 Å². The summed E-state index contributed by atoms with van der Waals surface area (Å²) < 4.78 is 20.1. The van der Waals surface area contributed by atoms with E-state index < -0.39 is 5.91 Å². The first kappa shape index (κ1) is 25.7. The van der Waals surface area contributed by atoms with Crippen LogP contribution < -0.4 is 10.1 Å². The maximum Gasteiger partial charge on any atom is 0.257 e. The Morgan fingerprint density at radius 1 is 1.12 bits per heavy atom. The number of unbranched alkanes of at least 4 members (excludes halogenated alkanes) is 4. The second-order valence-electron chi connectivity index (χ2n) is 7.24. The van der Waals surface area contributed by atoms with Crippen molar-refractivity contribution in [3.8, 4) is 5.75 Å². The molecule has 5 nitrogen and oxygen atoms in total. The summed E-state index contributed by atoms with van der Waals surface area (Å²) in [5.74, 6) is 0.126. The number of hydrogen-bond donors (Lipinski definition) is 1. The highest BCUT2D eigenvalue weighted by Crippen LogP contribution is 2.35. The number of nitrogens with one attached hydrogen (secondary N) is 1. The van der Waals surface area contributed by atoms with Crippen molar-refractivity contribution in [2.24, 2.45) is 0 Å². The van der Waals surface area contributed by atoms with Gasteiger partial charge in [0.05, 0.1) is 16.7 Å². The van der Waals surface area contributed by atoms with Gasteiger partial charge in [-0.05, 0) is 30.2 Å². The van der Waals surface area contributed by atoms with Crippen LogP contribution in [0.15, 0.2) is 40.7 Å². The summed E-state index contributed by atoms with van der Waals surface area (Å²) >= 11 is 15.2. The van der Waals surface area contributed by atoms with Gasteiger partial charge in [-0.1, -0.05) is 97.1 Å². The van der Waals surface area contributed by atoms with E-state index in [2.05, 4.69) is 22.4 Å². The molecule has 0 atom stereocenters. The van der Waals surface area contributed by atoms with Crippen LogP contribution in [0, 0.1) is 5.82 Å². The molecule has 0 saturated carbocycles. The first-order chi connectivity index (χ1) is 16.0. The molecule has 0 spiro atoms. The second kappa shape index (κ2) is 13.1. The second-order valence-corrected chi connectivity index (χ2v) is 10.3. The summed E-state index contributed by atoms with van der Waals surface area (Å²) in [7, 11) is 0. The quantitative estimate of drug-likeness (QED) is 0.147. The minimum absolute atomic E-state index is 0.263. The number of hydrogen-bond acceptors (Lipinski definition) is 6. The normalized spacial score (nSPS) is 10.9. The summed E-state index contributed by atoms with van der Waals surface area (Å²) in [6, 6.07) is 9.61. The van der Waals surface area contributed by atoms with Crippen molar-refractivity contribution in [3.63, 3.8) is 0 Å². The van der Waals surface area contributed by atoms with Gasteiger partial charge < -0.3 is 4.74 Å². The summed E-state index contributed by atoms with van der Waals surface area (Å²) in [6.07, 6.45) is 5.59. The molecule has 3 aromatic rings. The van der Waals surface area contributed by atoms with Gasteiger partial charge in [-0.3, -0.25) is 10.1 Å². The molecule has 3 rings (SSSR count). The standard InChI is InChI=1S/C23H24Cl2FN3O2S2/c1-2-3-4-5-8-11-31-20-17(24)12-16(13-18(20)25)21(30)27-22-28-29-23(33-22)32-14-15-9-6-7-10-19(15)26/h6-7,9-10,12-13H,2-5,8,11,14H2,1H3,(H,27,28,30). The van der Waals surface area contributed by atoms with Gasteiger partial charge in [0.15, 0.2) is 10.1 Å². The molecule has 0 aliphatic heterocycles. The number of amides is 1. The molecule has 1 amide bonds. The van der Waals surface area contributed by atoms with Crippen LogP contribution in [0.5, 0.6) is 5.75 Å². The SMILES string of the molecule is CCCCCCCOc1c(Cl)cc(C(=O)Nc2nnc(SCc3ccccc3F)s2)cc1Cl. The highest BCUT2D eigenvalue weighted by atomic mass is 35.5. The molecule has 0 aliphatic rings. The largest absolute Gasteiger partial charge is 0.490 e. The number of rotatable bonds is 12. The lowest BCUT2D eigenvalue weighted by molar-refractivity contribution is 0.102. The Morgan fingerprint density at radius 2 is 1.85 bits per heavy atom. The first-order valence-electron chi connectivity index (χ1n) is 10.6. The fraction of sp³-hybridized carbons (Fsp3) is 0.348. The van der Waals surface area contributed by atoms with Crippen LogP contribution >= 0.6 is 46.3 Å². The first-order valence-corrected chi connectivity index (χ1v) is 13.2. The van der Waals surface area contributed by atoms with E-state index in [1.165, 1.54) is 60.6 Å². The Labute approximate surface area is 211 Å². The van der Waals surface area contributed by atoms with Gasteiger partial charge >= 0.3 is 0 Å². The fourth-order valence-electron chi connectivity index (χ4n) is 2.95. The Balaban J connectivity index is 1.54. The Hall–Kier alpha value is -1.87. The molecular weight excluding hydrogens is 504 g/mol. The number of nitrogens with zero attached hydrogens (tertiary/aromatic N) is 2. The smallest absolute Gasteiger partial charge is 0.257 e. The topological polar surface area (TPSA) is 64.1 Å². The molecule has 0 unspecified atom stereocenters. The zero-order valence-electron chi connectivity index (χ0n) is 18.1. The summed E-state index contributed by atoms with van der Waals surface area (Å²) in [4.78, 5) is 12.6. The number of ether oxygens (including phenoxy) is 1. The number of anilines is 1. The van der Waals surface area contributed by atoms with Crippen LogP contribution in [0.3, 0.4) is 0 Å². The van der Waals surface area contributed by atoms with Crippen LogP contribution in [0.2, 0.25) is 10.0 Å². The third-order valence-electron chi connectivity index (χ3n) is 4.69. The van der Waals surface area contributed by atoms with E-state index >= 15 is 0 Å². The highest BCUT2D eigenvalue weighted by molar-refractivity contribution is 8.00. The molecule has 176 valence electrons. The monoisotopic (exact) mass is 527 g/mol. The average Bonchev–Trinajstić information content (AvgIpc) is 3.24. The number of thioether (sulfide) groups is 1. The van der Waals surface area contributed by atoms with E-state index in [-0.39, 0.29) is 21.4 Å². The molecular formula is C23H24Cl2FN3O2S2. The van der Waals surface area contributed by atoms with E-state index in [0.717, 1.165) is 12.8 Å². The van der Waals surface area contributed by atoms with Crippen molar-refractivity contribution >= 4 is 57.3 Å². The van der Waals surface area contributed by atoms with E-state index in [1.807, 2.05) is 0 Å². The van der Waals surface area contributed by atoms with Crippen LogP contribution in [-0.4, -0.2) is 22.7 Å². The lowest BCUT2D eigenvalue weighted by Gasteiger charge is -2.11. The molecule has 1 heterocycles. The minimum atomic E-state index is -0.410. The number of benzene rings is 2. The van der Waals surface area contributed by atoms with Crippen LogP contribution in [0.25, 0.3) is 0 Å². The average molecular weight is 529 g/mol.